The van der Waals surface area contributed by atoms with Gasteiger partial charge in [0, 0.05) is 18.8 Å². The van der Waals surface area contributed by atoms with Crippen LogP contribution in [0.4, 0.5) is 11.4 Å². The number of aryl methyl sites for hydroxylation is 1. The van der Waals surface area contributed by atoms with Crippen molar-refractivity contribution in [2.75, 3.05) is 17.7 Å². The van der Waals surface area contributed by atoms with E-state index in [1.165, 1.54) is 0 Å². The van der Waals surface area contributed by atoms with Gasteiger partial charge in [0.05, 0.1) is 43.0 Å². The van der Waals surface area contributed by atoms with Crippen LogP contribution in [0.1, 0.15) is 36.1 Å². The Bertz CT molecular complexity index is 1130. The average molecular weight is 418 g/mol. The van der Waals surface area contributed by atoms with Crippen LogP contribution in [-0.2, 0) is 30.4 Å². The third-order valence-corrected chi connectivity index (χ3v) is 6.54. The maximum absolute atomic E-state index is 13.6. The number of carbonyl (C=O) groups is 1. The summed E-state index contributed by atoms with van der Waals surface area (Å²) in [6, 6.07) is 11.6. The predicted octanol–water partition coefficient (Wildman–Crippen LogP) is 3.56. The molecule has 2 aromatic carbocycles. The smallest absolute Gasteiger partial charge is 0.238 e. The molecule has 1 aliphatic carbocycles. The van der Waals surface area contributed by atoms with Crippen LogP contribution < -0.4 is 20.1 Å². The molecule has 0 saturated heterocycles. The lowest BCUT2D eigenvalue weighted by molar-refractivity contribution is -0.126. The van der Waals surface area contributed by atoms with Crippen molar-refractivity contribution in [2.24, 2.45) is 7.05 Å². The van der Waals surface area contributed by atoms with Crippen molar-refractivity contribution < 1.29 is 14.3 Å². The van der Waals surface area contributed by atoms with E-state index in [4.69, 9.17) is 15.2 Å². The van der Waals surface area contributed by atoms with Gasteiger partial charge < -0.3 is 24.7 Å². The Hall–Kier alpha value is -3.48. The molecule has 1 aromatic heterocycles. The molecule has 0 atom stereocenters. The van der Waals surface area contributed by atoms with E-state index >= 15 is 0 Å². The first kappa shape index (κ1) is 19.5. The highest BCUT2D eigenvalue weighted by molar-refractivity contribution is 6.10. The molecule has 7 heteroatoms. The van der Waals surface area contributed by atoms with Crippen molar-refractivity contribution in [3.63, 3.8) is 0 Å². The van der Waals surface area contributed by atoms with Crippen LogP contribution in [0, 0.1) is 0 Å². The van der Waals surface area contributed by atoms with Crippen LogP contribution in [0.2, 0.25) is 0 Å². The van der Waals surface area contributed by atoms with Crippen molar-refractivity contribution in [3.8, 4) is 11.5 Å². The molecule has 1 fully saturated rings. The highest BCUT2D eigenvalue weighted by atomic mass is 16.5. The van der Waals surface area contributed by atoms with E-state index in [0.717, 1.165) is 47.5 Å². The van der Waals surface area contributed by atoms with Crippen LogP contribution in [0.25, 0.3) is 0 Å². The number of carbonyl (C=O) groups excluding carboxylic acids is 1. The SMILES string of the molecule is COc1ccc(CN2C(=O)C3(CCC3)c3cc(N)cc(OCc4cncn4C)c32)cc1. The van der Waals surface area contributed by atoms with Crippen LogP contribution in [0.15, 0.2) is 48.9 Å². The number of imidazole rings is 1. The number of fused-ring (bicyclic) bond motifs is 2. The number of nitrogen functional groups attached to an aromatic ring is 1. The van der Waals surface area contributed by atoms with Crippen molar-refractivity contribution >= 4 is 17.3 Å². The molecule has 1 spiro atoms. The molecular formula is C24H26N4O3. The van der Waals surface area contributed by atoms with Crippen LogP contribution in [-0.4, -0.2) is 22.6 Å². The second-order valence-electron chi connectivity index (χ2n) is 8.37. The normalized spacial score (nSPS) is 16.3. The van der Waals surface area contributed by atoms with E-state index < -0.39 is 5.41 Å². The minimum atomic E-state index is -0.470. The summed E-state index contributed by atoms with van der Waals surface area (Å²) in [5, 5.41) is 0. The van der Waals surface area contributed by atoms with E-state index in [0.29, 0.717) is 24.6 Å². The zero-order chi connectivity index (χ0) is 21.6. The van der Waals surface area contributed by atoms with Crippen LogP contribution in [0.5, 0.6) is 11.5 Å². The number of nitrogens with two attached hydrogens (primary N) is 1. The topological polar surface area (TPSA) is 82.6 Å². The standard InChI is InChI=1S/C24H26N4O3/c1-27-15-26-12-18(27)14-31-21-11-17(25)10-20-22(21)28(23(29)24(20)8-3-9-24)13-16-4-6-19(30-2)7-5-16/h4-7,10-12,15H,3,8-9,13-14,25H2,1-2H3. The molecule has 1 saturated carbocycles. The van der Waals surface area contributed by atoms with Gasteiger partial charge in [0.2, 0.25) is 5.91 Å². The minimum absolute atomic E-state index is 0.139. The number of ether oxygens (including phenoxy) is 2. The summed E-state index contributed by atoms with van der Waals surface area (Å²) in [5.41, 5.74) is 10.2. The first-order valence-corrected chi connectivity index (χ1v) is 10.5. The third-order valence-electron chi connectivity index (χ3n) is 6.54. The Kier molecular flexibility index (Phi) is 4.61. The molecule has 0 radical (unpaired) electrons. The quantitative estimate of drug-likeness (QED) is 0.619. The molecule has 160 valence electrons. The summed E-state index contributed by atoms with van der Waals surface area (Å²) in [6.45, 7) is 0.827. The van der Waals surface area contributed by atoms with E-state index in [-0.39, 0.29) is 5.91 Å². The maximum atomic E-state index is 13.6. The average Bonchev–Trinajstić information content (AvgIpc) is 3.25. The number of hydrogen-bond acceptors (Lipinski definition) is 5. The van der Waals surface area contributed by atoms with Crippen LogP contribution >= 0.6 is 0 Å². The molecule has 7 nitrogen and oxygen atoms in total. The van der Waals surface area contributed by atoms with Crippen LogP contribution in [0.3, 0.4) is 0 Å². The lowest BCUT2D eigenvalue weighted by Crippen LogP contribution is -2.44. The fourth-order valence-corrected chi connectivity index (χ4v) is 4.61. The molecular weight excluding hydrogens is 392 g/mol. The second-order valence-corrected chi connectivity index (χ2v) is 8.37. The first-order valence-electron chi connectivity index (χ1n) is 10.5. The number of anilines is 2. The van der Waals surface area contributed by atoms with Gasteiger partial charge in [-0.1, -0.05) is 18.6 Å². The molecule has 0 bridgehead atoms. The number of amides is 1. The Morgan fingerprint density at radius 3 is 2.58 bits per heavy atom. The Labute approximate surface area is 181 Å². The second kappa shape index (κ2) is 7.34. The van der Waals surface area contributed by atoms with Gasteiger partial charge in [-0.2, -0.15) is 0 Å². The van der Waals surface area contributed by atoms with Gasteiger partial charge in [0.15, 0.2) is 0 Å². The minimum Gasteiger partial charge on any atom is -0.497 e. The summed E-state index contributed by atoms with van der Waals surface area (Å²) < 4.78 is 13.4. The number of methoxy groups -OCH3 is 1. The summed E-state index contributed by atoms with van der Waals surface area (Å²) >= 11 is 0. The van der Waals surface area contributed by atoms with E-state index in [2.05, 4.69) is 4.98 Å². The van der Waals surface area contributed by atoms with E-state index in [9.17, 15) is 4.79 Å². The molecule has 31 heavy (non-hydrogen) atoms. The number of nitrogens with zero attached hydrogens (tertiary/aromatic N) is 3. The van der Waals surface area contributed by atoms with Crippen molar-refractivity contribution in [1.82, 2.24) is 9.55 Å². The highest BCUT2D eigenvalue weighted by Gasteiger charge is 2.55. The molecule has 1 aliphatic heterocycles. The third kappa shape index (κ3) is 3.12. The van der Waals surface area contributed by atoms with Gasteiger partial charge >= 0.3 is 0 Å². The number of rotatable bonds is 6. The fourth-order valence-electron chi connectivity index (χ4n) is 4.61. The van der Waals surface area contributed by atoms with Crippen molar-refractivity contribution in [2.45, 2.75) is 37.8 Å². The predicted molar refractivity (Wildman–Crippen MR) is 118 cm³/mol. The zero-order valence-corrected chi connectivity index (χ0v) is 17.8. The van der Waals surface area contributed by atoms with Crippen molar-refractivity contribution in [3.05, 3.63) is 65.7 Å². The summed E-state index contributed by atoms with van der Waals surface area (Å²) in [4.78, 5) is 19.7. The molecule has 1 amide bonds. The molecule has 3 aromatic rings. The van der Waals surface area contributed by atoms with Gasteiger partial charge in [-0.25, -0.2) is 4.98 Å². The summed E-state index contributed by atoms with van der Waals surface area (Å²) in [7, 11) is 3.57. The number of benzene rings is 2. The molecule has 2 heterocycles. The Balaban J connectivity index is 1.53. The fraction of sp³-hybridized carbons (Fsp3) is 0.333. The number of aromatic nitrogens is 2. The monoisotopic (exact) mass is 418 g/mol. The highest BCUT2D eigenvalue weighted by Crippen LogP contribution is 2.57. The lowest BCUT2D eigenvalue weighted by atomic mass is 9.65. The van der Waals surface area contributed by atoms with E-state index in [1.54, 1.807) is 19.6 Å². The first-order chi connectivity index (χ1) is 15.0. The van der Waals surface area contributed by atoms with Gasteiger partial charge in [0.25, 0.3) is 0 Å². The lowest BCUT2D eigenvalue weighted by Gasteiger charge is -2.37. The molecule has 2 aliphatic rings. The molecule has 0 unspecified atom stereocenters. The van der Waals surface area contributed by atoms with Gasteiger partial charge in [0.1, 0.15) is 18.1 Å². The van der Waals surface area contributed by atoms with Gasteiger partial charge in [-0.3, -0.25) is 4.79 Å². The Morgan fingerprint density at radius 2 is 1.97 bits per heavy atom. The maximum Gasteiger partial charge on any atom is 0.238 e. The van der Waals surface area contributed by atoms with Gasteiger partial charge in [-0.05, 0) is 42.2 Å². The number of hydrogen-bond donors (Lipinski definition) is 1. The molecule has 2 N–H and O–H groups in total. The zero-order valence-electron chi connectivity index (χ0n) is 17.8. The summed E-state index contributed by atoms with van der Waals surface area (Å²) in [5.74, 6) is 1.57. The Morgan fingerprint density at radius 1 is 1.19 bits per heavy atom. The molecule has 5 rings (SSSR count). The summed E-state index contributed by atoms with van der Waals surface area (Å²) in [6.07, 6.45) is 6.26. The largest absolute Gasteiger partial charge is 0.497 e. The van der Waals surface area contributed by atoms with Crippen molar-refractivity contribution in [1.29, 1.82) is 0 Å². The van der Waals surface area contributed by atoms with E-state index in [1.807, 2.05) is 52.9 Å². The van der Waals surface area contributed by atoms with Gasteiger partial charge in [-0.15, -0.1) is 0 Å².